The summed E-state index contributed by atoms with van der Waals surface area (Å²) in [6.45, 7) is 0. The molecule has 0 atom stereocenters. The van der Waals surface area contributed by atoms with Gasteiger partial charge in [-0.15, -0.1) is 12.4 Å². The Hall–Kier alpha value is -2.63. The highest BCUT2D eigenvalue weighted by molar-refractivity contribution is 7.90. The van der Waals surface area contributed by atoms with Gasteiger partial charge in [-0.05, 0) is 23.8 Å². The molecule has 0 saturated carbocycles. The van der Waals surface area contributed by atoms with Crippen molar-refractivity contribution in [2.75, 3.05) is 4.72 Å². The van der Waals surface area contributed by atoms with E-state index in [1.165, 1.54) is 6.07 Å². The molecule has 3 rings (SSSR count). The van der Waals surface area contributed by atoms with E-state index < -0.39 is 27.5 Å². The molecule has 0 saturated heterocycles. The van der Waals surface area contributed by atoms with Gasteiger partial charge < -0.3 is 0 Å². The Labute approximate surface area is 163 Å². The molecule has 0 spiro atoms. The monoisotopic (exact) mass is 434 g/mol. The van der Waals surface area contributed by atoms with Gasteiger partial charge >= 0.3 is 6.18 Å². The summed E-state index contributed by atoms with van der Waals surface area (Å²) in [5, 5.41) is 11.7. The third-order valence-corrected chi connectivity index (χ3v) is 4.33. The van der Waals surface area contributed by atoms with Crippen molar-refractivity contribution in [1.29, 1.82) is 0 Å². The molecule has 0 unspecified atom stereocenters. The van der Waals surface area contributed by atoms with Crippen LogP contribution in [-0.4, -0.2) is 18.6 Å². The first-order valence-corrected chi connectivity index (χ1v) is 9.06. The summed E-state index contributed by atoms with van der Waals surface area (Å²) in [6, 6.07) is 9.39. The van der Waals surface area contributed by atoms with Gasteiger partial charge in [-0.1, -0.05) is 24.3 Å². The number of nitrogens with zero attached hydrogens (tertiary/aromatic N) is 1. The fourth-order valence-electron chi connectivity index (χ4n) is 2.71. The maximum absolute atomic E-state index is 13.5. The van der Waals surface area contributed by atoms with Gasteiger partial charge in [0, 0.05) is 11.8 Å². The van der Waals surface area contributed by atoms with E-state index in [1.807, 2.05) is 4.72 Å². The second-order valence-electron chi connectivity index (χ2n) is 5.74. The van der Waals surface area contributed by atoms with Gasteiger partial charge in [-0.3, -0.25) is 9.52 Å². The van der Waals surface area contributed by atoms with E-state index in [0.29, 0.717) is 16.8 Å². The number of benzene rings is 2. The van der Waals surface area contributed by atoms with Crippen LogP contribution in [0.25, 0.3) is 10.8 Å². The molecule has 150 valence electrons. The van der Waals surface area contributed by atoms with E-state index in [2.05, 4.69) is 10.2 Å². The molecule has 3 aromatic rings. The van der Waals surface area contributed by atoms with Crippen LogP contribution in [0.5, 0.6) is 0 Å². The summed E-state index contributed by atoms with van der Waals surface area (Å²) in [5.74, 6) is 0. The second kappa shape index (κ2) is 7.78. The van der Waals surface area contributed by atoms with E-state index in [9.17, 15) is 26.4 Å². The minimum absolute atomic E-state index is 0. The van der Waals surface area contributed by atoms with Gasteiger partial charge in [0.25, 0.3) is 15.8 Å². The van der Waals surface area contributed by atoms with Crippen LogP contribution >= 0.6 is 12.4 Å². The molecular weight excluding hydrogens is 421 g/mol. The highest BCUT2D eigenvalue weighted by atomic mass is 35.5. The zero-order valence-corrected chi connectivity index (χ0v) is 15.6. The van der Waals surface area contributed by atoms with Crippen LogP contribution in [0.3, 0.4) is 0 Å². The molecule has 0 fully saturated rings. The molecule has 0 radical (unpaired) electrons. The van der Waals surface area contributed by atoms with E-state index in [1.54, 1.807) is 24.3 Å². The predicted molar refractivity (Wildman–Crippen MR) is 101 cm³/mol. The number of hydrogen-bond acceptors (Lipinski definition) is 4. The zero-order valence-electron chi connectivity index (χ0n) is 13.9. The fourth-order valence-corrected chi connectivity index (χ4v) is 3.16. The second-order valence-corrected chi connectivity index (χ2v) is 7.03. The van der Waals surface area contributed by atoms with Crippen molar-refractivity contribution in [3.63, 3.8) is 0 Å². The molecule has 0 aliphatic rings. The van der Waals surface area contributed by atoms with E-state index in [0.717, 1.165) is 6.07 Å². The SMILES string of the molecule is Cl.NS(=O)(=O)Nc1ccc(Cc2n[nH]c(=O)c3ccccc23)c(C(F)(F)F)c1. The van der Waals surface area contributed by atoms with Crippen molar-refractivity contribution in [3.8, 4) is 0 Å². The summed E-state index contributed by atoms with van der Waals surface area (Å²) in [6.07, 6.45) is -4.95. The van der Waals surface area contributed by atoms with E-state index >= 15 is 0 Å². The number of rotatable bonds is 4. The van der Waals surface area contributed by atoms with Gasteiger partial charge in [0.05, 0.1) is 22.3 Å². The average molecular weight is 435 g/mol. The summed E-state index contributed by atoms with van der Waals surface area (Å²) in [4.78, 5) is 11.8. The van der Waals surface area contributed by atoms with Crippen molar-refractivity contribution in [2.24, 2.45) is 5.14 Å². The summed E-state index contributed by atoms with van der Waals surface area (Å²) in [7, 11) is -4.21. The molecule has 28 heavy (non-hydrogen) atoms. The molecule has 4 N–H and O–H groups in total. The lowest BCUT2D eigenvalue weighted by molar-refractivity contribution is -0.138. The van der Waals surface area contributed by atoms with E-state index in [-0.39, 0.29) is 35.8 Å². The van der Waals surface area contributed by atoms with Crippen LogP contribution in [-0.2, 0) is 22.8 Å². The Bertz CT molecular complexity index is 1180. The smallest absolute Gasteiger partial charge is 0.271 e. The summed E-state index contributed by atoms with van der Waals surface area (Å²) in [5.41, 5.74) is -1.67. The molecular formula is C16H14ClF3N4O3S. The zero-order chi connectivity index (χ0) is 19.8. The number of aromatic nitrogens is 2. The van der Waals surface area contributed by atoms with Gasteiger partial charge in [0.2, 0.25) is 0 Å². The van der Waals surface area contributed by atoms with Crippen LogP contribution in [0.1, 0.15) is 16.8 Å². The van der Waals surface area contributed by atoms with Gasteiger partial charge in [0.1, 0.15) is 0 Å². The van der Waals surface area contributed by atoms with Crippen LogP contribution in [0, 0.1) is 0 Å². The molecule has 0 bridgehead atoms. The Morgan fingerprint density at radius 2 is 1.75 bits per heavy atom. The number of H-pyrrole nitrogens is 1. The number of aromatic amines is 1. The van der Waals surface area contributed by atoms with Crippen molar-refractivity contribution < 1.29 is 21.6 Å². The van der Waals surface area contributed by atoms with Crippen molar-refractivity contribution in [1.82, 2.24) is 10.2 Å². The lowest BCUT2D eigenvalue weighted by atomic mass is 9.99. The molecule has 1 heterocycles. The Kier molecular flexibility index (Phi) is 6.02. The Balaban J connectivity index is 0.00000280. The number of fused-ring (bicyclic) bond motifs is 1. The molecule has 1 aromatic heterocycles. The maximum Gasteiger partial charge on any atom is 0.416 e. The van der Waals surface area contributed by atoms with Gasteiger partial charge in [-0.25, -0.2) is 10.2 Å². The summed E-state index contributed by atoms with van der Waals surface area (Å²) < 4.78 is 64.3. The third kappa shape index (κ3) is 4.80. The molecule has 0 aliphatic carbocycles. The maximum atomic E-state index is 13.5. The highest BCUT2D eigenvalue weighted by Crippen LogP contribution is 2.35. The number of nitrogens with two attached hydrogens (primary N) is 1. The Morgan fingerprint density at radius 1 is 1.11 bits per heavy atom. The first-order valence-electron chi connectivity index (χ1n) is 7.51. The molecule has 12 heteroatoms. The quantitative estimate of drug-likeness (QED) is 0.584. The highest BCUT2D eigenvalue weighted by Gasteiger charge is 2.34. The average Bonchev–Trinajstić information content (AvgIpc) is 2.56. The minimum Gasteiger partial charge on any atom is -0.271 e. The summed E-state index contributed by atoms with van der Waals surface area (Å²) >= 11 is 0. The molecule has 7 nitrogen and oxygen atoms in total. The first kappa shape index (κ1) is 21.7. The normalized spacial score (nSPS) is 11.9. The predicted octanol–water partition coefficient (Wildman–Crippen LogP) is 2.57. The van der Waals surface area contributed by atoms with Crippen LogP contribution in [0.15, 0.2) is 47.3 Å². The van der Waals surface area contributed by atoms with Gasteiger partial charge in [-0.2, -0.15) is 26.7 Å². The topological polar surface area (TPSA) is 118 Å². The first-order chi connectivity index (χ1) is 12.5. The van der Waals surface area contributed by atoms with Crippen LogP contribution in [0.2, 0.25) is 0 Å². The number of hydrogen-bond donors (Lipinski definition) is 3. The number of nitrogens with one attached hydrogen (secondary N) is 2. The lowest BCUT2D eigenvalue weighted by Crippen LogP contribution is -2.22. The third-order valence-electron chi connectivity index (χ3n) is 3.81. The van der Waals surface area contributed by atoms with Crippen LogP contribution in [0.4, 0.5) is 18.9 Å². The molecule has 2 aromatic carbocycles. The van der Waals surface area contributed by atoms with Crippen molar-refractivity contribution in [2.45, 2.75) is 12.6 Å². The number of alkyl halides is 3. The molecule has 0 amide bonds. The fraction of sp³-hybridized carbons (Fsp3) is 0.125. The lowest BCUT2D eigenvalue weighted by Gasteiger charge is -2.15. The van der Waals surface area contributed by atoms with E-state index in [4.69, 9.17) is 5.14 Å². The van der Waals surface area contributed by atoms with Crippen LogP contribution < -0.4 is 15.4 Å². The van der Waals surface area contributed by atoms with Gasteiger partial charge in [0.15, 0.2) is 0 Å². The largest absolute Gasteiger partial charge is 0.416 e. The Morgan fingerprint density at radius 3 is 2.36 bits per heavy atom. The minimum atomic E-state index is -4.73. The number of anilines is 1. The van der Waals surface area contributed by atoms with Crippen molar-refractivity contribution >= 4 is 39.1 Å². The standard InChI is InChI=1S/C16H13F3N4O3S.ClH/c17-16(18,19)13-8-10(23-27(20,25)26)6-5-9(13)7-14-11-3-1-2-4-12(11)15(24)22-21-14;/h1-6,8,23H,7H2,(H,22,24)(H2,20,25,26);1H. The molecule has 0 aliphatic heterocycles. The van der Waals surface area contributed by atoms with Crippen molar-refractivity contribution in [3.05, 3.63) is 69.6 Å². The number of halogens is 4.